The number of nitrogens with zero attached hydrogens (tertiary/aromatic N) is 4. The maximum absolute atomic E-state index is 13.2. The normalized spacial score (nSPS) is 16.9. The Bertz CT molecular complexity index is 1140. The van der Waals surface area contributed by atoms with Gasteiger partial charge in [-0.15, -0.1) is 0 Å². The van der Waals surface area contributed by atoms with Crippen LogP contribution in [0.2, 0.25) is 0 Å². The largest absolute Gasteiger partial charge is 0.497 e. The van der Waals surface area contributed by atoms with Gasteiger partial charge in [-0.05, 0) is 87.4 Å². The van der Waals surface area contributed by atoms with Crippen molar-refractivity contribution in [2.45, 2.75) is 46.0 Å². The van der Waals surface area contributed by atoms with Crippen molar-refractivity contribution in [3.05, 3.63) is 52.9 Å². The molecule has 0 aliphatic carbocycles. The first-order valence-corrected chi connectivity index (χ1v) is 12.4. The zero-order valence-corrected chi connectivity index (χ0v) is 20.9. The molecule has 0 N–H and O–H groups in total. The molecule has 1 aromatic heterocycles. The van der Waals surface area contributed by atoms with Gasteiger partial charge < -0.3 is 19.1 Å². The molecule has 2 saturated heterocycles. The van der Waals surface area contributed by atoms with E-state index in [1.54, 1.807) is 18.1 Å². The first kappa shape index (κ1) is 24.6. The van der Waals surface area contributed by atoms with E-state index in [4.69, 9.17) is 4.74 Å². The van der Waals surface area contributed by atoms with Gasteiger partial charge in [-0.2, -0.15) is 5.26 Å². The lowest BCUT2D eigenvalue weighted by molar-refractivity contribution is -0.132. The molecular formula is C28H34N4O3. The molecule has 2 amide bonds. The van der Waals surface area contributed by atoms with E-state index in [2.05, 4.69) is 10.6 Å². The van der Waals surface area contributed by atoms with Crippen LogP contribution >= 0.6 is 0 Å². The zero-order valence-electron chi connectivity index (χ0n) is 20.9. The van der Waals surface area contributed by atoms with E-state index in [0.717, 1.165) is 67.2 Å². The molecule has 2 fully saturated rings. The van der Waals surface area contributed by atoms with E-state index in [-0.39, 0.29) is 17.4 Å². The summed E-state index contributed by atoms with van der Waals surface area (Å²) in [5, 5.41) is 9.79. The molecule has 2 aromatic rings. The van der Waals surface area contributed by atoms with Gasteiger partial charge in [0.1, 0.15) is 17.4 Å². The Morgan fingerprint density at radius 1 is 1.06 bits per heavy atom. The second kappa shape index (κ2) is 10.8. The van der Waals surface area contributed by atoms with E-state index >= 15 is 0 Å². The SMILES string of the molecule is COc1ccc(-n2c(C)cc(/C=C(/C#N)C(=O)N3CCC(CC(=O)N4CCCC4)CC3)c2C)cc1. The average molecular weight is 475 g/mol. The Labute approximate surface area is 207 Å². The molecule has 4 rings (SSSR count). The summed E-state index contributed by atoms with van der Waals surface area (Å²) in [6.45, 7) is 6.93. The number of likely N-dealkylation sites (tertiary alicyclic amines) is 2. The third-order valence-corrected chi connectivity index (χ3v) is 7.28. The number of methoxy groups -OCH3 is 1. The average Bonchev–Trinajstić information content (AvgIpc) is 3.51. The van der Waals surface area contributed by atoms with Crippen LogP contribution in [-0.2, 0) is 9.59 Å². The van der Waals surface area contributed by atoms with Gasteiger partial charge in [-0.1, -0.05) is 0 Å². The van der Waals surface area contributed by atoms with Crippen LogP contribution in [0.1, 0.15) is 49.1 Å². The standard InChI is InChI=1S/C28H34N4O3/c1-20-16-23(21(2)32(20)25-6-8-26(35-3)9-7-25)18-24(19-29)28(34)31-14-10-22(11-15-31)17-27(33)30-12-4-5-13-30/h6-9,16,18,22H,4-5,10-15,17H2,1-3H3/b24-18-. The molecule has 7 nitrogen and oxygen atoms in total. The molecule has 184 valence electrons. The summed E-state index contributed by atoms with van der Waals surface area (Å²) < 4.78 is 7.36. The van der Waals surface area contributed by atoms with E-state index in [1.807, 2.05) is 49.1 Å². The molecule has 0 atom stereocenters. The number of nitriles is 1. The molecule has 0 saturated carbocycles. The molecule has 0 unspecified atom stereocenters. The number of aromatic nitrogens is 1. The second-order valence-corrected chi connectivity index (χ2v) is 9.56. The fraction of sp³-hybridized carbons (Fsp3) is 0.464. The van der Waals surface area contributed by atoms with E-state index < -0.39 is 0 Å². The summed E-state index contributed by atoms with van der Waals surface area (Å²) in [5.74, 6) is 1.12. The van der Waals surface area contributed by atoms with Crippen LogP contribution in [0, 0.1) is 31.1 Å². The maximum Gasteiger partial charge on any atom is 0.264 e. The minimum Gasteiger partial charge on any atom is -0.497 e. The maximum atomic E-state index is 13.2. The molecule has 35 heavy (non-hydrogen) atoms. The first-order chi connectivity index (χ1) is 16.9. The van der Waals surface area contributed by atoms with Crippen LogP contribution in [0.15, 0.2) is 35.9 Å². The van der Waals surface area contributed by atoms with Crippen LogP contribution in [0.5, 0.6) is 5.75 Å². The fourth-order valence-corrected chi connectivity index (χ4v) is 5.21. The lowest BCUT2D eigenvalue weighted by Crippen LogP contribution is -2.40. The summed E-state index contributed by atoms with van der Waals surface area (Å²) >= 11 is 0. The first-order valence-electron chi connectivity index (χ1n) is 12.4. The summed E-state index contributed by atoms with van der Waals surface area (Å²) in [4.78, 5) is 29.3. The van der Waals surface area contributed by atoms with Gasteiger partial charge in [-0.25, -0.2) is 0 Å². The Kier molecular flexibility index (Phi) is 7.60. The predicted octanol–water partition coefficient (Wildman–Crippen LogP) is 4.26. The van der Waals surface area contributed by atoms with Crippen molar-refractivity contribution in [2.75, 3.05) is 33.3 Å². The molecule has 3 heterocycles. The number of piperidine rings is 1. The van der Waals surface area contributed by atoms with Crippen LogP contribution in [0.4, 0.5) is 0 Å². The minimum absolute atomic E-state index is 0.145. The number of hydrogen-bond acceptors (Lipinski definition) is 4. The van der Waals surface area contributed by atoms with Gasteiger partial charge in [-0.3, -0.25) is 9.59 Å². The van der Waals surface area contributed by atoms with Crippen LogP contribution in [0.25, 0.3) is 11.8 Å². The Balaban J connectivity index is 1.43. The minimum atomic E-state index is -0.230. The highest BCUT2D eigenvalue weighted by atomic mass is 16.5. The highest BCUT2D eigenvalue weighted by Gasteiger charge is 2.28. The lowest BCUT2D eigenvalue weighted by atomic mass is 9.92. The molecule has 7 heteroatoms. The summed E-state index contributed by atoms with van der Waals surface area (Å²) in [7, 11) is 1.64. The van der Waals surface area contributed by atoms with Crippen molar-refractivity contribution >= 4 is 17.9 Å². The summed E-state index contributed by atoms with van der Waals surface area (Å²) in [6.07, 6.45) is 6.08. The second-order valence-electron chi connectivity index (χ2n) is 9.56. The van der Waals surface area contributed by atoms with E-state index in [0.29, 0.717) is 25.4 Å². The van der Waals surface area contributed by atoms with Gasteiger partial charge >= 0.3 is 0 Å². The highest BCUT2D eigenvalue weighted by molar-refractivity contribution is 6.02. The number of hydrogen-bond donors (Lipinski definition) is 0. The number of rotatable bonds is 6. The van der Waals surface area contributed by atoms with Crippen molar-refractivity contribution in [3.8, 4) is 17.5 Å². The van der Waals surface area contributed by atoms with Crippen LogP contribution in [0.3, 0.4) is 0 Å². The van der Waals surface area contributed by atoms with E-state index in [1.165, 1.54) is 0 Å². The van der Waals surface area contributed by atoms with E-state index in [9.17, 15) is 14.9 Å². The molecule has 0 bridgehead atoms. The Hall–Kier alpha value is -3.53. The number of aryl methyl sites for hydroxylation is 1. The number of benzene rings is 1. The Morgan fingerprint density at radius 2 is 1.71 bits per heavy atom. The van der Waals surface area contributed by atoms with Crippen molar-refractivity contribution in [3.63, 3.8) is 0 Å². The van der Waals surface area contributed by atoms with Crippen LogP contribution in [-0.4, -0.2) is 59.5 Å². The zero-order chi connectivity index (χ0) is 24.9. The van der Waals surface area contributed by atoms with Crippen molar-refractivity contribution in [1.82, 2.24) is 14.4 Å². The number of ether oxygens (including phenoxy) is 1. The van der Waals surface area contributed by atoms with Crippen molar-refractivity contribution in [1.29, 1.82) is 5.26 Å². The lowest BCUT2D eigenvalue weighted by Gasteiger charge is -2.32. The topological polar surface area (TPSA) is 78.6 Å². The number of carbonyl (C=O) groups is 2. The van der Waals surface area contributed by atoms with Gasteiger partial charge in [0, 0.05) is 49.7 Å². The third kappa shape index (κ3) is 5.43. The quantitative estimate of drug-likeness (QED) is 0.463. The summed E-state index contributed by atoms with van der Waals surface area (Å²) in [6, 6.07) is 11.9. The smallest absolute Gasteiger partial charge is 0.264 e. The molecule has 0 spiro atoms. The monoisotopic (exact) mass is 474 g/mol. The summed E-state index contributed by atoms with van der Waals surface area (Å²) in [5.41, 5.74) is 3.98. The number of amides is 2. The molecular weight excluding hydrogens is 440 g/mol. The fourth-order valence-electron chi connectivity index (χ4n) is 5.21. The van der Waals surface area contributed by atoms with Gasteiger partial charge in [0.15, 0.2) is 0 Å². The predicted molar refractivity (Wildman–Crippen MR) is 135 cm³/mol. The molecule has 1 aromatic carbocycles. The van der Waals surface area contributed by atoms with Crippen LogP contribution < -0.4 is 4.74 Å². The Morgan fingerprint density at radius 3 is 2.31 bits per heavy atom. The van der Waals surface area contributed by atoms with Crippen molar-refractivity contribution < 1.29 is 14.3 Å². The number of carbonyl (C=O) groups excluding carboxylic acids is 2. The third-order valence-electron chi connectivity index (χ3n) is 7.28. The van der Waals surface area contributed by atoms with Crippen molar-refractivity contribution in [2.24, 2.45) is 5.92 Å². The molecule has 2 aliphatic rings. The van der Waals surface area contributed by atoms with Gasteiger partial charge in [0.2, 0.25) is 5.91 Å². The highest BCUT2D eigenvalue weighted by Crippen LogP contribution is 2.26. The molecule has 2 aliphatic heterocycles. The van der Waals surface area contributed by atoms with Gasteiger partial charge in [0.05, 0.1) is 7.11 Å². The van der Waals surface area contributed by atoms with Gasteiger partial charge in [0.25, 0.3) is 5.91 Å². The molecule has 0 radical (unpaired) electrons.